The summed E-state index contributed by atoms with van der Waals surface area (Å²) in [5.41, 5.74) is 0. The molecular formula is C26H52N2O7Sn2. The number of amides is 2. The first-order chi connectivity index (χ1) is 17.2. The molecule has 0 saturated carbocycles. The van der Waals surface area contributed by atoms with Gasteiger partial charge in [0.2, 0.25) is 11.8 Å². The summed E-state index contributed by atoms with van der Waals surface area (Å²) in [6, 6.07) is -1.28. The first-order valence-corrected chi connectivity index (χ1v) is 21.8. The number of carboxylic acids is 2. The van der Waals surface area contributed by atoms with Crippen LogP contribution >= 0.6 is 0 Å². The predicted octanol–water partition coefficient (Wildman–Crippen LogP) is 4.13. The Morgan fingerprint density at radius 1 is 0.676 bits per heavy atom. The molecule has 4 radical (unpaired) electrons. The fraction of sp³-hybridized carbons (Fsp3) is 0.846. The van der Waals surface area contributed by atoms with Gasteiger partial charge in [-0.15, -0.1) is 0 Å². The first-order valence-electron chi connectivity index (χ1n) is 13.7. The average molecular weight is 742 g/mol. The number of carboxylic acid groups (broad SMARTS) is 2. The van der Waals surface area contributed by atoms with Gasteiger partial charge in [0.05, 0.1) is 0 Å². The minimum absolute atomic E-state index is 0. The van der Waals surface area contributed by atoms with E-state index in [2.05, 4.69) is 38.3 Å². The predicted molar refractivity (Wildman–Crippen MR) is 152 cm³/mol. The molecule has 216 valence electrons. The number of aliphatic carboxylic acids is 2. The van der Waals surface area contributed by atoms with Crippen molar-refractivity contribution >= 4 is 66.0 Å². The zero-order valence-corrected chi connectivity index (χ0v) is 29.2. The molecule has 0 bridgehead atoms. The van der Waals surface area contributed by atoms with E-state index >= 15 is 0 Å². The van der Waals surface area contributed by atoms with Gasteiger partial charge in [0, 0.05) is 12.8 Å². The number of unbranched alkanes of at least 4 members (excludes halogenated alkanes) is 4. The second kappa shape index (κ2) is 30.0. The number of hydrogen-bond donors (Lipinski definition) is 4. The first kappa shape index (κ1) is 40.9. The molecule has 2 heterocycles. The van der Waals surface area contributed by atoms with Gasteiger partial charge in [0.15, 0.2) is 0 Å². The van der Waals surface area contributed by atoms with Crippen molar-refractivity contribution in [1.29, 1.82) is 0 Å². The van der Waals surface area contributed by atoms with E-state index in [9.17, 15) is 19.2 Å². The summed E-state index contributed by atoms with van der Waals surface area (Å²) >= 11 is 0.299. The maximum atomic E-state index is 10.4. The molecule has 2 aliphatic rings. The van der Waals surface area contributed by atoms with Gasteiger partial charge in [-0.25, -0.2) is 9.59 Å². The van der Waals surface area contributed by atoms with Crippen LogP contribution in [0.2, 0.25) is 17.7 Å². The fourth-order valence-corrected chi connectivity index (χ4v) is 11.4. The van der Waals surface area contributed by atoms with Crippen molar-refractivity contribution in [2.24, 2.45) is 0 Å². The molecule has 2 atom stereocenters. The van der Waals surface area contributed by atoms with Crippen LogP contribution in [0, 0.1) is 0 Å². The molecule has 2 fully saturated rings. The van der Waals surface area contributed by atoms with E-state index < -0.39 is 24.0 Å². The Hall–Kier alpha value is -0.563. The van der Waals surface area contributed by atoms with Crippen molar-refractivity contribution < 1.29 is 34.9 Å². The molecule has 0 aromatic heterocycles. The van der Waals surface area contributed by atoms with E-state index in [1.807, 2.05) is 0 Å². The smallest absolute Gasteiger partial charge is 0.326 e. The summed E-state index contributed by atoms with van der Waals surface area (Å²) in [5, 5.41) is 21.3. The van der Waals surface area contributed by atoms with Crippen molar-refractivity contribution in [1.82, 2.24) is 10.6 Å². The summed E-state index contributed by atoms with van der Waals surface area (Å²) < 4.78 is 6.50. The van der Waals surface area contributed by atoms with Crippen LogP contribution in [0.1, 0.15) is 105 Å². The maximum Gasteiger partial charge on any atom is 0.326 e. The topological polar surface area (TPSA) is 164 Å². The van der Waals surface area contributed by atoms with Crippen molar-refractivity contribution in [3.63, 3.8) is 0 Å². The van der Waals surface area contributed by atoms with Crippen LogP contribution in [0.25, 0.3) is 0 Å². The summed E-state index contributed by atoms with van der Waals surface area (Å²) in [5.74, 6) is -2.22. The molecule has 9 nitrogen and oxygen atoms in total. The van der Waals surface area contributed by atoms with Gasteiger partial charge in [-0.3, -0.25) is 9.59 Å². The Morgan fingerprint density at radius 2 is 0.946 bits per heavy atom. The minimum Gasteiger partial charge on any atom is -0.480 e. The maximum absolute atomic E-state index is 10.4. The quantitative estimate of drug-likeness (QED) is 0.155. The Kier molecular flexibility index (Phi) is 33.2. The molecular weight excluding hydrogens is 690 g/mol. The number of carbonyl (C=O) groups excluding carboxylic acids is 2. The Labute approximate surface area is 244 Å². The van der Waals surface area contributed by atoms with Gasteiger partial charge in [-0.2, -0.15) is 0 Å². The standard InChI is InChI=1S/2C5H7NO3.4C4H9.H2O.2Sn/c2*7-4-2-1-3(6-4)5(8)9;4*1-3-4-2;;;/h2*3H,1-2H2,(H,6,7)(H,8,9);4*1,3-4H2,2H3;1H2;;/t2*3-;;;;;;;/m00......./s1. The fourth-order valence-electron chi connectivity index (χ4n) is 3.06. The van der Waals surface area contributed by atoms with Crippen LogP contribution in [0.3, 0.4) is 0 Å². The molecule has 2 saturated heterocycles. The average Bonchev–Trinajstić information content (AvgIpc) is 3.49. The molecule has 11 heteroatoms. The normalized spacial score (nSPS) is 17.4. The molecule has 0 unspecified atom stereocenters. The van der Waals surface area contributed by atoms with Crippen LogP contribution in [-0.2, 0) is 19.2 Å². The summed E-state index contributed by atoms with van der Waals surface area (Å²) in [7, 11) is 0. The van der Waals surface area contributed by atoms with E-state index in [0.29, 0.717) is 25.7 Å². The van der Waals surface area contributed by atoms with Gasteiger partial charge in [-0.1, -0.05) is 0 Å². The van der Waals surface area contributed by atoms with Gasteiger partial charge < -0.3 is 26.3 Å². The van der Waals surface area contributed by atoms with Gasteiger partial charge in [-0.05, 0) is 12.8 Å². The van der Waals surface area contributed by atoms with E-state index in [1.165, 1.54) is 51.4 Å². The van der Waals surface area contributed by atoms with Crippen molar-refractivity contribution in [2.75, 3.05) is 0 Å². The SMILES string of the molecule is CCC[CH2][Sn][CH2]CCC.CCC[CH2][Sn][CH2]CCC.O.O=C1CC[C@@H](C(=O)O)N1.O=C1CC[C@@H](C(=O)O)N1. The molecule has 0 spiro atoms. The van der Waals surface area contributed by atoms with Crippen molar-refractivity contribution in [2.45, 2.75) is 135 Å². The summed E-state index contributed by atoms with van der Waals surface area (Å²) in [6.07, 6.45) is 13.2. The molecule has 37 heavy (non-hydrogen) atoms. The van der Waals surface area contributed by atoms with E-state index in [1.54, 1.807) is 17.7 Å². The summed E-state index contributed by atoms with van der Waals surface area (Å²) in [6.45, 7) is 9.16. The molecule has 0 aromatic rings. The molecule has 2 aliphatic heterocycles. The van der Waals surface area contributed by atoms with E-state index in [-0.39, 0.29) is 59.6 Å². The number of hydrogen-bond acceptors (Lipinski definition) is 4. The van der Waals surface area contributed by atoms with Crippen LogP contribution in [0.15, 0.2) is 0 Å². The van der Waals surface area contributed by atoms with Crippen molar-refractivity contribution in [3.05, 3.63) is 0 Å². The minimum atomic E-state index is -0.944. The second-order valence-electron chi connectivity index (χ2n) is 8.91. The number of nitrogens with one attached hydrogen (secondary N) is 2. The zero-order valence-electron chi connectivity index (χ0n) is 23.5. The third-order valence-electron chi connectivity index (χ3n) is 5.42. The van der Waals surface area contributed by atoms with Crippen LogP contribution in [0.4, 0.5) is 0 Å². The van der Waals surface area contributed by atoms with E-state index in [0.717, 1.165) is 0 Å². The Balaban J connectivity index is -0.000000413. The third-order valence-corrected chi connectivity index (χ3v) is 13.5. The molecule has 2 amide bonds. The van der Waals surface area contributed by atoms with Crippen molar-refractivity contribution in [3.8, 4) is 0 Å². The summed E-state index contributed by atoms with van der Waals surface area (Å²) in [4.78, 5) is 41.0. The Bertz CT molecular complexity index is 533. The third kappa shape index (κ3) is 28.3. The van der Waals surface area contributed by atoms with E-state index in [4.69, 9.17) is 10.2 Å². The Morgan fingerprint density at radius 3 is 1.08 bits per heavy atom. The number of rotatable bonds is 14. The van der Waals surface area contributed by atoms with Gasteiger partial charge in [0.25, 0.3) is 0 Å². The van der Waals surface area contributed by atoms with Gasteiger partial charge in [0.1, 0.15) is 12.1 Å². The van der Waals surface area contributed by atoms with Crippen LogP contribution < -0.4 is 10.6 Å². The second-order valence-corrected chi connectivity index (χ2v) is 17.5. The largest absolute Gasteiger partial charge is 0.480 e. The molecule has 0 aliphatic carbocycles. The zero-order chi connectivity index (χ0) is 27.6. The van der Waals surface area contributed by atoms with Crippen LogP contribution in [0.5, 0.6) is 0 Å². The van der Waals surface area contributed by atoms with Gasteiger partial charge >= 0.3 is 151 Å². The number of carbonyl (C=O) groups is 4. The van der Waals surface area contributed by atoms with Crippen LogP contribution in [-0.4, -0.2) is 93.8 Å². The molecule has 2 rings (SSSR count). The molecule has 0 aromatic carbocycles. The monoisotopic (exact) mass is 744 g/mol. The molecule has 6 N–H and O–H groups in total.